The van der Waals surface area contributed by atoms with Crippen molar-refractivity contribution in [1.82, 2.24) is 5.32 Å². The van der Waals surface area contributed by atoms with Crippen molar-refractivity contribution >= 4 is 23.4 Å². The highest BCUT2D eigenvalue weighted by atomic mass is 32.2. The first-order chi connectivity index (χ1) is 8.69. The van der Waals surface area contributed by atoms with Gasteiger partial charge in [0.1, 0.15) is 0 Å². The minimum absolute atomic E-state index is 0.0172. The SMILES string of the molecule is CCCNc1ccc(C(=O)NCCSC)c(C)c1. The van der Waals surface area contributed by atoms with Crippen LogP contribution in [-0.4, -0.2) is 31.0 Å². The average molecular weight is 266 g/mol. The van der Waals surface area contributed by atoms with Gasteiger partial charge in [-0.2, -0.15) is 11.8 Å². The molecule has 0 aliphatic heterocycles. The summed E-state index contributed by atoms with van der Waals surface area (Å²) in [5.74, 6) is 0.963. The molecule has 0 aliphatic rings. The topological polar surface area (TPSA) is 41.1 Å². The summed E-state index contributed by atoms with van der Waals surface area (Å²) >= 11 is 1.73. The predicted octanol–water partition coefficient (Wildman–Crippen LogP) is 2.91. The molecule has 0 bridgehead atoms. The fourth-order valence-corrected chi connectivity index (χ4v) is 1.97. The summed E-state index contributed by atoms with van der Waals surface area (Å²) in [6, 6.07) is 5.88. The zero-order valence-corrected chi connectivity index (χ0v) is 12.2. The summed E-state index contributed by atoms with van der Waals surface area (Å²) in [7, 11) is 0. The first-order valence-corrected chi connectivity index (χ1v) is 7.70. The molecule has 0 radical (unpaired) electrons. The van der Waals surface area contributed by atoms with Gasteiger partial charge < -0.3 is 10.6 Å². The number of hydrogen-bond acceptors (Lipinski definition) is 3. The molecule has 100 valence electrons. The Kier molecular flexibility index (Phi) is 6.65. The Labute approximate surface area is 114 Å². The highest BCUT2D eigenvalue weighted by Crippen LogP contribution is 2.15. The maximum atomic E-state index is 11.9. The predicted molar refractivity (Wildman–Crippen MR) is 80.7 cm³/mol. The Morgan fingerprint density at radius 2 is 2.11 bits per heavy atom. The number of hydrogen-bond donors (Lipinski definition) is 2. The van der Waals surface area contributed by atoms with Gasteiger partial charge in [-0.3, -0.25) is 4.79 Å². The van der Waals surface area contributed by atoms with E-state index in [9.17, 15) is 4.79 Å². The van der Waals surface area contributed by atoms with Crippen molar-refractivity contribution in [3.8, 4) is 0 Å². The van der Waals surface area contributed by atoms with Crippen molar-refractivity contribution in [2.75, 3.05) is 30.4 Å². The molecule has 0 fully saturated rings. The van der Waals surface area contributed by atoms with Crippen molar-refractivity contribution in [3.63, 3.8) is 0 Å². The number of nitrogens with one attached hydrogen (secondary N) is 2. The normalized spacial score (nSPS) is 10.2. The van der Waals surface area contributed by atoms with E-state index in [1.54, 1.807) is 11.8 Å². The summed E-state index contributed by atoms with van der Waals surface area (Å²) in [6.45, 7) is 5.78. The van der Waals surface area contributed by atoms with E-state index in [1.165, 1.54) is 0 Å². The van der Waals surface area contributed by atoms with Crippen LogP contribution in [0.3, 0.4) is 0 Å². The van der Waals surface area contributed by atoms with Crippen molar-refractivity contribution in [1.29, 1.82) is 0 Å². The van der Waals surface area contributed by atoms with Crippen molar-refractivity contribution in [3.05, 3.63) is 29.3 Å². The molecular weight excluding hydrogens is 244 g/mol. The molecule has 1 aromatic carbocycles. The minimum atomic E-state index is 0.0172. The van der Waals surface area contributed by atoms with Crippen LogP contribution < -0.4 is 10.6 Å². The van der Waals surface area contributed by atoms with Crippen LogP contribution in [0.5, 0.6) is 0 Å². The lowest BCUT2D eigenvalue weighted by Gasteiger charge is -2.10. The zero-order chi connectivity index (χ0) is 13.4. The Morgan fingerprint density at radius 1 is 1.33 bits per heavy atom. The first kappa shape index (κ1) is 14.9. The largest absolute Gasteiger partial charge is 0.385 e. The molecule has 2 N–H and O–H groups in total. The summed E-state index contributed by atoms with van der Waals surface area (Å²) < 4.78 is 0. The summed E-state index contributed by atoms with van der Waals surface area (Å²) in [5, 5.41) is 6.24. The molecule has 3 nitrogen and oxygen atoms in total. The summed E-state index contributed by atoms with van der Waals surface area (Å²) in [5.41, 5.74) is 2.85. The lowest BCUT2D eigenvalue weighted by atomic mass is 10.1. The van der Waals surface area contributed by atoms with Crippen LogP contribution in [0.15, 0.2) is 18.2 Å². The van der Waals surface area contributed by atoms with E-state index in [1.807, 2.05) is 31.4 Å². The summed E-state index contributed by atoms with van der Waals surface area (Å²) in [6.07, 6.45) is 3.13. The van der Waals surface area contributed by atoms with E-state index in [-0.39, 0.29) is 5.91 Å². The summed E-state index contributed by atoms with van der Waals surface area (Å²) in [4.78, 5) is 11.9. The van der Waals surface area contributed by atoms with Gasteiger partial charge >= 0.3 is 0 Å². The third kappa shape index (κ3) is 4.61. The Hall–Kier alpha value is -1.16. The Balaban J connectivity index is 2.63. The Morgan fingerprint density at radius 3 is 2.72 bits per heavy atom. The number of thioether (sulfide) groups is 1. The molecule has 0 aromatic heterocycles. The van der Waals surface area contributed by atoms with E-state index in [0.717, 1.165) is 42.1 Å². The molecule has 0 saturated carbocycles. The van der Waals surface area contributed by atoms with Gasteiger partial charge in [-0.15, -0.1) is 0 Å². The monoisotopic (exact) mass is 266 g/mol. The van der Waals surface area contributed by atoms with Crippen molar-refractivity contribution in [2.24, 2.45) is 0 Å². The highest BCUT2D eigenvalue weighted by Gasteiger charge is 2.08. The van der Waals surface area contributed by atoms with E-state index in [0.29, 0.717) is 0 Å². The van der Waals surface area contributed by atoms with E-state index in [4.69, 9.17) is 0 Å². The molecule has 0 spiro atoms. The van der Waals surface area contributed by atoms with E-state index >= 15 is 0 Å². The number of anilines is 1. The van der Waals surface area contributed by atoms with E-state index < -0.39 is 0 Å². The number of carbonyl (C=O) groups is 1. The number of carbonyl (C=O) groups excluding carboxylic acids is 1. The van der Waals surface area contributed by atoms with Gasteiger partial charge in [-0.1, -0.05) is 6.92 Å². The number of benzene rings is 1. The second-order valence-electron chi connectivity index (χ2n) is 4.21. The molecule has 18 heavy (non-hydrogen) atoms. The van der Waals surface area contributed by atoms with Gasteiger partial charge in [-0.05, 0) is 43.4 Å². The number of aryl methyl sites for hydroxylation is 1. The molecule has 4 heteroatoms. The lowest BCUT2D eigenvalue weighted by molar-refractivity contribution is 0.0955. The molecule has 0 atom stereocenters. The number of amides is 1. The van der Waals surface area contributed by atoms with Crippen LogP contribution in [0.1, 0.15) is 29.3 Å². The lowest BCUT2D eigenvalue weighted by Crippen LogP contribution is -2.26. The fraction of sp³-hybridized carbons (Fsp3) is 0.500. The molecule has 1 rings (SSSR count). The van der Waals surface area contributed by atoms with Crippen LogP contribution in [-0.2, 0) is 0 Å². The van der Waals surface area contributed by atoms with Crippen LogP contribution >= 0.6 is 11.8 Å². The quantitative estimate of drug-likeness (QED) is 0.746. The van der Waals surface area contributed by atoms with Gasteiger partial charge in [-0.25, -0.2) is 0 Å². The van der Waals surface area contributed by atoms with Crippen molar-refractivity contribution < 1.29 is 4.79 Å². The maximum Gasteiger partial charge on any atom is 0.251 e. The molecule has 0 heterocycles. The minimum Gasteiger partial charge on any atom is -0.385 e. The average Bonchev–Trinajstić information content (AvgIpc) is 2.36. The van der Waals surface area contributed by atoms with Gasteiger partial charge in [0, 0.05) is 30.1 Å². The van der Waals surface area contributed by atoms with Gasteiger partial charge in [0.25, 0.3) is 5.91 Å². The molecule has 0 aliphatic carbocycles. The molecule has 1 amide bonds. The first-order valence-electron chi connectivity index (χ1n) is 6.30. The van der Waals surface area contributed by atoms with E-state index in [2.05, 4.69) is 17.6 Å². The second-order valence-corrected chi connectivity index (χ2v) is 5.19. The third-order valence-corrected chi connectivity index (χ3v) is 3.25. The number of rotatable bonds is 7. The van der Waals surface area contributed by atoms with Crippen LogP contribution in [0.25, 0.3) is 0 Å². The Bertz CT molecular complexity index is 393. The maximum absolute atomic E-state index is 11.9. The van der Waals surface area contributed by atoms with Gasteiger partial charge in [0.05, 0.1) is 0 Å². The molecule has 0 unspecified atom stereocenters. The standard InChI is InChI=1S/C14H22N2OS/c1-4-7-15-12-5-6-13(11(2)10-12)14(17)16-8-9-18-3/h5-6,10,15H,4,7-9H2,1-3H3,(H,16,17). The fourth-order valence-electron chi connectivity index (χ4n) is 1.66. The molecular formula is C14H22N2OS. The van der Waals surface area contributed by atoms with Gasteiger partial charge in [0.15, 0.2) is 0 Å². The smallest absolute Gasteiger partial charge is 0.251 e. The van der Waals surface area contributed by atoms with Gasteiger partial charge in [0.2, 0.25) is 0 Å². The van der Waals surface area contributed by atoms with Crippen LogP contribution in [0, 0.1) is 6.92 Å². The van der Waals surface area contributed by atoms with Crippen molar-refractivity contribution in [2.45, 2.75) is 20.3 Å². The van der Waals surface area contributed by atoms with Crippen LogP contribution in [0.2, 0.25) is 0 Å². The third-order valence-electron chi connectivity index (χ3n) is 2.64. The second kappa shape index (κ2) is 8.03. The van der Waals surface area contributed by atoms with Crippen LogP contribution in [0.4, 0.5) is 5.69 Å². The highest BCUT2D eigenvalue weighted by molar-refractivity contribution is 7.98. The molecule has 0 saturated heterocycles. The zero-order valence-electron chi connectivity index (χ0n) is 11.4. The molecule has 1 aromatic rings.